The number of amides is 1. The van der Waals surface area contributed by atoms with Gasteiger partial charge in [0.1, 0.15) is 5.82 Å². The van der Waals surface area contributed by atoms with E-state index in [2.05, 4.69) is 21.7 Å². The molecule has 5 heteroatoms. The molecular formula is C18H22N4O. The maximum Gasteiger partial charge on any atom is 0.228 e. The third kappa shape index (κ3) is 3.87. The zero-order chi connectivity index (χ0) is 16.1. The molecule has 0 aliphatic carbocycles. The molecule has 1 aromatic heterocycles. The highest BCUT2D eigenvalue weighted by Gasteiger charge is 2.17. The minimum absolute atomic E-state index is 0.0618. The number of hydrogen-bond acceptors (Lipinski definition) is 4. The van der Waals surface area contributed by atoms with Crippen LogP contribution < -0.4 is 16.4 Å². The molecule has 0 radical (unpaired) electrons. The fourth-order valence-corrected chi connectivity index (χ4v) is 2.76. The van der Waals surface area contributed by atoms with E-state index in [1.54, 1.807) is 0 Å². The Bertz CT molecular complexity index is 699. The molecule has 0 fully saturated rings. The van der Waals surface area contributed by atoms with Crippen molar-refractivity contribution in [2.45, 2.75) is 25.7 Å². The van der Waals surface area contributed by atoms with Crippen LogP contribution in [0.2, 0.25) is 0 Å². The Morgan fingerprint density at radius 2 is 2.00 bits per heavy atom. The van der Waals surface area contributed by atoms with E-state index in [9.17, 15) is 4.79 Å². The van der Waals surface area contributed by atoms with E-state index >= 15 is 0 Å². The van der Waals surface area contributed by atoms with E-state index < -0.39 is 0 Å². The second-order valence-electron chi connectivity index (χ2n) is 5.80. The van der Waals surface area contributed by atoms with Crippen LogP contribution >= 0.6 is 0 Å². The molecular weight excluding hydrogens is 288 g/mol. The highest BCUT2D eigenvalue weighted by molar-refractivity contribution is 6.00. The van der Waals surface area contributed by atoms with Gasteiger partial charge in [0.2, 0.25) is 5.91 Å². The third-order valence-corrected chi connectivity index (χ3v) is 4.02. The van der Waals surface area contributed by atoms with Crippen LogP contribution in [0, 0.1) is 0 Å². The summed E-state index contributed by atoms with van der Waals surface area (Å²) in [5.74, 6) is 0.937. The number of aromatic nitrogens is 1. The zero-order valence-corrected chi connectivity index (χ0v) is 13.1. The molecule has 1 aliphatic heterocycles. The molecule has 0 atom stereocenters. The van der Waals surface area contributed by atoms with Crippen molar-refractivity contribution in [1.82, 2.24) is 4.98 Å². The lowest BCUT2D eigenvalue weighted by molar-refractivity contribution is -0.115. The maximum atomic E-state index is 11.5. The topological polar surface area (TPSA) is 80.0 Å². The summed E-state index contributed by atoms with van der Waals surface area (Å²) in [6.07, 6.45) is 5.57. The SMILES string of the molecule is NCCCCCNc1cc(-c2ccc3c(c2)NC(=O)C3)ccn1. The predicted octanol–water partition coefficient (Wildman–Crippen LogP) is 2.78. The van der Waals surface area contributed by atoms with E-state index in [-0.39, 0.29) is 5.91 Å². The number of pyridine rings is 1. The van der Waals surface area contributed by atoms with Crippen LogP contribution in [0.15, 0.2) is 36.5 Å². The van der Waals surface area contributed by atoms with E-state index in [0.717, 1.165) is 60.5 Å². The number of nitrogens with one attached hydrogen (secondary N) is 2. The van der Waals surface area contributed by atoms with Gasteiger partial charge in [0.15, 0.2) is 0 Å². The van der Waals surface area contributed by atoms with Gasteiger partial charge in [-0.25, -0.2) is 4.98 Å². The van der Waals surface area contributed by atoms with Crippen LogP contribution in [0.1, 0.15) is 24.8 Å². The Balaban J connectivity index is 1.68. The Kier molecular flexibility index (Phi) is 4.88. The number of hydrogen-bond donors (Lipinski definition) is 3. The number of benzene rings is 1. The molecule has 3 rings (SSSR count). The standard InChI is InChI=1S/C18H22N4O/c19-7-2-1-3-8-20-17-11-14(6-9-21-17)13-4-5-15-12-18(23)22-16(15)10-13/h4-6,9-11H,1-3,7-8,12,19H2,(H,20,21)(H,22,23). The molecule has 0 spiro atoms. The molecule has 0 saturated heterocycles. The minimum atomic E-state index is 0.0618. The van der Waals surface area contributed by atoms with Crippen molar-refractivity contribution in [2.75, 3.05) is 23.7 Å². The number of carbonyl (C=O) groups excluding carboxylic acids is 1. The molecule has 2 aromatic rings. The summed E-state index contributed by atoms with van der Waals surface area (Å²) in [6.45, 7) is 1.65. The van der Waals surface area contributed by atoms with Crippen LogP contribution in [0.3, 0.4) is 0 Å². The number of unbranched alkanes of at least 4 members (excludes halogenated alkanes) is 2. The molecule has 1 aromatic carbocycles. The molecule has 23 heavy (non-hydrogen) atoms. The van der Waals surface area contributed by atoms with E-state index in [4.69, 9.17) is 5.73 Å². The van der Waals surface area contributed by atoms with Crippen LogP contribution in [-0.4, -0.2) is 24.0 Å². The smallest absolute Gasteiger partial charge is 0.228 e. The van der Waals surface area contributed by atoms with Crippen LogP contribution in [0.25, 0.3) is 11.1 Å². The van der Waals surface area contributed by atoms with Crippen molar-refractivity contribution < 1.29 is 4.79 Å². The van der Waals surface area contributed by atoms with Gasteiger partial charge in [-0.05, 0) is 54.3 Å². The summed E-state index contributed by atoms with van der Waals surface area (Å²) < 4.78 is 0. The predicted molar refractivity (Wildman–Crippen MR) is 93.4 cm³/mol. The molecule has 2 heterocycles. The average molecular weight is 310 g/mol. The van der Waals surface area contributed by atoms with Crippen LogP contribution in [0.4, 0.5) is 11.5 Å². The minimum Gasteiger partial charge on any atom is -0.370 e. The lowest BCUT2D eigenvalue weighted by atomic mass is 10.0. The molecule has 0 saturated carbocycles. The number of nitrogens with two attached hydrogens (primary N) is 1. The maximum absolute atomic E-state index is 11.5. The van der Waals surface area contributed by atoms with Crippen molar-refractivity contribution in [1.29, 1.82) is 0 Å². The average Bonchev–Trinajstić information content (AvgIpc) is 2.94. The van der Waals surface area contributed by atoms with Crippen molar-refractivity contribution in [3.05, 3.63) is 42.1 Å². The molecule has 0 bridgehead atoms. The van der Waals surface area contributed by atoms with Crippen molar-refractivity contribution in [2.24, 2.45) is 5.73 Å². The van der Waals surface area contributed by atoms with Gasteiger partial charge < -0.3 is 16.4 Å². The molecule has 1 aliphatic rings. The van der Waals surface area contributed by atoms with E-state index in [1.165, 1.54) is 0 Å². The largest absolute Gasteiger partial charge is 0.370 e. The first-order chi connectivity index (χ1) is 11.3. The Labute approximate surface area is 136 Å². The van der Waals surface area contributed by atoms with E-state index in [1.807, 2.05) is 30.5 Å². The first-order valence-corrected chi connectivity index (χ1v) is 8.09. The summed E-state index contributed by atoms with van der Waals surface area (Å²) in [5, 5.41) is 6.25. The monoisotopic (exact) mass is 310 g/mol. The lowest BCUT2D eigenvalue weighted by Gasteiger charge is -2.09. The summed E-state index contributed by atoms with van der Waals surface area (Å²) in [5.41, 5.74) is 9.65. The number of rotatable bonds is 7. The molecule has 5 nitrogen and oxygen atoms in total. The van der Waals surface area contributed by atoms with Crippen molar-refractivity contribution >= 4 is 17.4 Å². The Morgan fingerprint density at radius 1 is 1.13 bits per heavy atom. The number of anilines is 2. The van der Waals surface area contributed by atoms with Crippen LogP contribution in [0.5, 0.6) is 0 Å². The normalized spacial score (nSPS) is 12.8. The zero-order valence-electron chi connectivity index (χ0n) is 13.1. The third-order valence-electron chi connectivity index (χ3n) is 4.02. The molecule has 0 unspecified atom stereocenters. The number of carbonyl (C=O) groups is 1. The number of nitrogens with zero attached hydrogens (tertiary/aromatic N) is 1. The summed E-state index contributed by atoms with van der Waals surface area (Å²) in [4.78, 5) is 15.8. The highest BCUT2D eigenvalue weighted by atomic mass is 16.1. The second kappa shape index (κ2) is 7.24. The lowest BCUT2D eigenvalue weighted by Crippen LogP contribution is -2.05. The van der Waals surface area contributed by atoms with Gasteiger partial charge in [-0.3, -0.25) is 4.79 Å². The van der Waals surface area contributed by atoms with Gasteiger partial charge in [0.05, 0.1) is 6.42 Å². The summed E-state index contributed by atoms with van der Waals surface area (Å²) >= 11 is 0. The van der Waals surface area contributed by atoms with Gasteiger partial charge in [0, 0.05) is 18.4 Å². The van der Waals surface area contributed by atoms with Crippen molar-refractivity contribution in [3.63, 3.8) is 0 Å². The first-order valence-electron chi connectivity index (χ1n) is 8.09. The number of fused-ring (bicyclic) bond motifs is 1. The summed E-state index contributed by atoms with van der Waals surface area (Å²) in [6, 6.07) is 10.1. The van der Waals surface area contributed by atoms with Crippen molar-refractivity contribution in [3.8, 4) is 11.1 Å². The second-order valence-corrected chi connectivity index (χ2v) is 5.80. The Hall–Kier alpha value is -2.40. The fraction of sp³-hybridized carbons (Fsp3) is 0.333. The summed E-state index contributed by atoms with van der Waals surface area (Å²) in [7, 11) is 0. The quantitative estimate of drug-likeness (QED) is 0.687. The van der Waals surface area contributed by atoms with E-state index in [0.29, 0.717) is 6.42 Å². The Morgan fingerprint density at radius 3 is 2.87 bits per heavy atom. The molecule has 1 amide bonds. The van der Waals surface area contributed by atoms with Gasteiger partial charge in [-0.15, -0.1) is 0 Å². The highest BCUT2D eigenvalue weighted by Crippen LogP contribution is 2.29. The van der Waals surface area contributed by atoms with Gasteiger partial charge in [-0.1, -0.05) is 18.6 Å². The molecule has 4 N–H and O–H groups in total. The van der Waals surface area contributed by atoms with Gasteiger partial charge in [0.25, 0.3) is 0 Å². The van der Waals surface area contributed by atoms with Gasteiger partial charge in [-0.2, -0.15) is 0 Å². The molecule has 120 valence electrons. The fourth-order valence-electron chi connectivity index (χ4n) is 2.76. The van der Waals surface area contributed by atoms with Gasteiger partial charge >= 0.3 is 0 Å². The first kappa shape index (κ1) is 15.5. The van der Waals surface area contributed by atoms with Crippen LogP contribution in [-0.2, 0) is 11.2 Å².